The molecule has 0 saturated carbocycles. The van der Waals surface area contributed by atoms with Gasteiger partial charge in [-0.2, -0.15) is 0 Å². The molecule has 4 aromatic carbocycles. The van der Waals surface area contributed by atoms with Gasteiger partial charge in [-0.25, -0.2) is 10.3 Å². The molecule has 288 valence electrons. The normalized spacial score (nSPS) is 19.3. The van der Waals surface area contributed by atoms with Crippen molar-refractivity contribution in [2.45, 2.75) is 82.6 Å². The van der Waals surface area contributed by atoms with Gasteiger partial charge >= 0.3 is 5.69 Å². The molecule has 3 heterocycles. The molecule has 7 rings (SSSR count). The molecule has 0 aliphatic carbocycles. The third-order valence-electron chi connectivity index (χ3n) is 10.8. The Kier molecular flexibility index (Phi) is 12.5. The number of para-hydroxylation sites is 2. The maximum atomic E-state index is 12.9. The van der Waals surface area contributed by atoms with E-state index in [4.69, 9.17) is 14.7 Å². The van der Waals surface area contributed by atoms with Crippen molar-refractivity contribution in [3.05, 3.63) is 130 Å². The number of hydrogen-bond acceptors (Lipinski definition) is 8. The minimum absolute atomic E-state index is 0.0178. The minimum atomic E-state index is -0.587. The maximum absolute atomic E-state index is 12.9. The van der Waals surface area contributed by atoms with Crippen LogP contribution in [0.25, 0.3) is 22.2 Å². The number of nitrogens with zero attached hydrogens (tertiary/aromatic N) is 2. The molecule has 2 aliphatic heterocycles. The summed E-state index contributed by atoms with van der Waals surface area (Å²) in [7, 11) is 0. The molecule has 2 fully saturated rings. The van der Waals surface area contributed by atoms with Gasteiger partial charge in [-0.3, -0.25) is 19.4 Å². The molecule has 0 bridgehead atoms. The number of carbonyl (C=O) groups is 2. The molecule has 2 saturated heterocycles. The molecule has 55 heavy (non-hydrogen) atoms. The number of H-pyrrole nitrogens is 1. The van der Waals surface area contributed by atoms with E-state index in [9.17, 15) is 19.5 Å². The molecular formula is C43H49N5O7. The van der Waals surface area contributed by atoms with Crippen LogP contribution in [0.2, 0.25) is 0 Å². The number of aromatic amines is 1. The number of piperidine rings is 1. The number of aromatic nitrogens is 2. The van der Waals surface area contributed by atoms with Crippen LogP contribution >= 0.6 is 0 Å². The number of hydroxylamine groups is 1. The number of aliphatic hydroxyl groups excluding tert-OH is 1. The van der Waals surface area contributed by atoms with Crippen molar-refractivity contribution in [2.24, 2.45) is 0 Å². The van der Waals surface area contributed by atoms with Crippen molar-refractivity contribution < 1.29 is 29.4 Å². The van der Waals surface area contributed by atoms with Gasteiger partial charge in [0.25, 0.3) is 0 Å². The lowest BCUT2D eigenvalue weighted by Crippen LogP contribution is -2.43. The zero-order chi connectivity index (χ0) is 38.1. The van der Waals surface area contributed by atoms with Gasteiger partial charge < -0.3 is 29.8 Å². The first kappa shape index (κ1) is 38.2. The summed E-state index contributed by atoms with van der Waals surface area (Å²) < 4.78 is 15.3. The monoisotopic (exact) mass is 747 g/mol. The molecule has 0 spiro atoms. The number of carbonyl (C=O) groups excluding carboxylic acids is 2. The number of imidazole rings is 1. The van der Waals surface area contributed by atoms with Crippen molar-refractivity contribution in [1.29, 1.82) is 0 Å². The lowest BCUT2D eigenvalue weighted by Gasteiger charge is -2.40. The van der Waals surface area contributed by atoms with E-state index >= 15 is 0 Å². The number of aliphatic hydroxyl groups is 1. The minimum Gasteiger partial charge on any atom is -0.392 e. The number of nitrogens with one attached hydrogen (secondary N) is 3. The second-order valence-electron chi connectivity index (χ2n) is 14.5. The molecule has 1 aromatic heterocycles. The van der Waals surface area contributed by atoms with E-state index in [-0.39, 0.29) is 42.9 Å². The van der Waals surface area contributed by atoms with Crippen molar-refractivity contribution in [2.75, 3.05) is 19.6 Å². The number of likely N-dealkylation sites (tertiary alicyclic amines) is 1. The van der Waals surface area contributed by atoms with Crippen LogP contribution in [0.1, 0.15) is 85.6 Å². The third kappa shape index (κ3) is 9.41. The van der Waals surface area contributed by atoms with Gasteiger partial charge in [0.15, 0.2) is 6.29 Å². The van der Waals surface area contributed by atoms with Crippen LogP contribution in [0.4, 0.5) is 0 Å². The number of ether oxygens (including phenoxy) is 2. The SMILES string of the molecule is O=C(CCCCC(=O)NCc1ccccc1-c1ccc(C2OC(CN3CCC(n4c(=O)[nH]c5ccccc54)CC3)CC(c3ccc(CO)cc3)O2)cc1)NO. The van der Waals surface area contributed by atoms with E-state index < -0.39 is 12.2 Å². The molecule has 12 heteroatoms. The quantitative estimate of drug-likeness (QED) is 0.0522. The first-order valence-corrected chi connectivity index (χ1v) is 19.2. The number of unbranched alkanes of at least 4 members (excludes halogenated alkanes) is 1. The van der Waals surface area contributed by atoms with E-state index in [2.05, 4.69) is 27.3 Å². The highest BCUT2D eigenvalue weighted by Gasteiger charge is 2.34. The van der Waals surface area contributed by atoms with E-state index in [1.165, 1.54) is 0 Å². The maximum Gasteiger partial charge on any atom is 0.326 e. The summed E-state index contributed by atoms with van der Waals surface area (Å²) in [4.78, 5) is 42.0. The molecule has 5 N–H and O–H groups in total. The van der Waals surface area contributed by atoms with Crippen molar-refractivity contribution >= 4 is 22.8 Å². The van der Waals surface area contributed by atoms with E-state index in [1.807, 2.05) is 89.5 Å². The van der Waals surface area contributed by atoms with E-state index in [1.54, 1.807) is 5.48 Å². The summed E-state index contributed by atoms with van der Waals surface area (Å²) >= 11 is 0. The molecule has 3 unspecified atom stereocenters. The molecule has 12 nitrogen and oxygen atoms in total. The second kappa shape index (κ2) is 18.0. The van der Waals surface area contributed by atoms with E-state index in [0.29, 0.717) is 32.2 Å². The highest BCUT2D eigenvalue weighted by molar-refractivity contribution is 5.77. The first-order chi connectivity index (χ1) is 26.9. The highest BCUT2D eigenvalue weighted by Crippen LogP contribution is 2.39. The summed E-state index contributed by atoms with van der Waals surface area (Å²) in [5, 5.41) is 21.3. The average molecular weight is 748 g/mol. The van der Waals surface area contributed by atoms with Crippen LogP contribution in [-0.4, -0.2) is 62.3 Å². The third-order valence-corrected chi connectivity index (χ3v) is 10.8. The molecular weight excluding hydrogens is 699 g/mol. The average Bonchev–Trinajstić information content (AvgIpc) is 3.57. The highest BCUT2D eigenvalue weighted by atomic mass is 16.7. The number of hydrogen-bond donors (Lipinski definition) is 5. The predicted octanol–water partition coefficient (Wildman–Crippen LogP) is 6.05. The van der Waals surface area contributed by atoms with Gasteiger partial charge in [-0.1, -0.05) is 84.9 Å². The Hall–Kier alpha value is -5.11. The lowest BCUT2D eigenvalue weighted by atomic mass is 9.97. The van der Waals surface area contributed by atoms with Crippen LogP contribution in [-0.2, 0) is 32.2 Å². The van der Waals surface area contributed by atoms with Crippen molar-refractivity contribution in [3.8, 4) is 11.1 Å². The lowest BCUT2D eigenvalue weighted by molar-refractivity contribution is -0.253. The van der Waals surface area contributed by atoms with Crippen LogP contribution in [0.5, 0.6) is 0 Å². The summed E-state index contributed by atoms with van der Waals surface area (Å²) in [6, 6.07) is 32.1. The largest absolute Gasteiger partial charge is 0.392 e. The number of amides is 2. The number of benzene rings is 4. The molecule has 2 amide bonds. The summed E-state index contributed by atoms with van der Waals surface area (Å²) in [6.45, 7) is 2.81. The summed E-state index contributed by atoms with van der Waals surface area (Å²) in [5.74, 6) is -0.546. The van der Waals surface area contributed by atoms with Gasteiger partial charge in [-0.05, 0) is 65.6 Å². The van der Waals surface area contributed by atoms with Crippen LogP contribution in [0, 0.1) is 0 Å². The Morgan fingerprint density at radius 2 is 1.51 bits per heavy atom. The van der Waals surface area contributed by atoms with Crippen LogP contribution < -0.4 is 16.5 Å². The molecule has 2 aliphatic rings. The molecule has 0 radical (unpaired) electrons. The van der Waals surface area contributed by atoms with Crippen LogP contribution in [0.15, 0.2) is 102 Å². The van der Waals surface area contributed by atoms with Gasteiger partial charge in [0.1, 0.15) is 0 Å². The Morgan fingerprint density at radius 3 is 2.25 bits per heavy atom. The smallest absolute Gasteiger partial charge is 0.326 e. The predicted molar refractivity (Wildman–Crippen MR) is 208 cm³/mol. The standard InChI is InChI=1S/C43H49N5O7/c49-28-29-13-15-31(16-14-29)39-25-35(27-47-23-21-34(22-24-47)48-38-10-4-3-9-37(38)45-43(48)52)54-42(55-39)32-19-17-30(18-20-32)36-8-2-1-7-33(36)26-44-40(50)11-5-6-12-41(51)46-53/h1-4,7-10,13-20,34-35,39,42,49,53H,5-6,11-12,21-28H2,(H,44,50)(H,45,52)(H,46,51). The Morgan fingerprint density at radius 1 is 0.818 bits per heavy atom. The van der Waals surface area contributed by atoms with Crippen molar-refractivity contribution in [3.63, 3.8) is 0 Å². The molecule has 5 aromatic rings. The molecule has 3 atom stereocenters. The van der Waals surface area contributed by atoms with Gasteiger partial charge in [-0.15, -0.1) is 0 Å². The van der Waals surface area contributed by atoms with Crippen molar-refractivity contribution in [1.82, 2.24) is 25.2 Å². The van der Waals surface area contributed by atoms with Gasteiger partial charge in [0.2, 0.25) is 11.8 Å². The zero-order valence-corrected chi connectivity index (χ0v) is 30.9. The fraction of sp³-hybridized carbons (Fsp3) is 0.372. The Labute approximate surface area is 320 Å². The van der Waals surface area contributed by atoms with E-state index in [0.717, 1.165) is 76.9 Å². The van der Waals surface area contributed by atoms with Gasteiger partial charge in [0, 0.05) is 57.0 Å². The first-order valence-electron chi connectivity index (χ1n) is 19.2. The van der Waals surface area contributed by atoms with Gasteiger partial charge in [0.05, 0.1) is 29.8 Å². The topological polar surface area (TPSA) is 158 Å². The number of fused-ring (bicyclic) bond motifs is 1. The second-order valence-corrected chi connectivity index (χ2v) is 14.5. The Bertz CT molecular complexity index is 2100. The Balaban J connectivity index is 1.01. The zero-order valence-electron chi connectivity index (χ0n) is 30.9. The van der Waals surface area contributed by atoms with Crippen LogP contribution in [0.3, 0.4) is 0 Å². The number of rotatable bonds is 14. The summed E-state index contributed by atoms with van der Waals surface area (Å²) in [6.07, 6.45) is 3.10. The fourth-order valence-electron chi connectivity index (χ4n) is 7.80. The fourth-order valence-corrected chi connectivity index (χ4v) is 7.80. The summed E-state index contributed by atoms with van der Waals surface area (Å²) in [5.41, 5.74) is 9.17.